The molecule has 0 unspecified atom stereocenters. The number of nitrogens with zero attached hydrogens (tertiary/aromatic N) is 3. The molecule has 2 N–H and O–H groups in total. The van der Waals surface area contributed by atoms with E-state index >= 15 is 0 Å². The van der Waals surface area contributed by atoms with Crippen LogP contribution in [-0.4, -0.2) is 37.5 Å². The summed E-state index contributed by atoms with van der Waals surface area (Å²) >= 11 is 0. The molecule has 2 heterocycles. The lowest BCUT2D eigenvalue weighted by Crippen LogP contribution is -2.47. The topological polar surface area (TPSA) is 86.7 Å². The highest BCUT2D eigenvalue weighted by Gasteiger charge is 2.25. The van der Waals surface area contributed by atoms with Gasteiger partial charge in [0.25, 0.3) is 10.0 Å². The van der Waals surface area contributed by atoms with Crippen LogP contribution in [0.5, 0.6) is 0 Å². The minimum absolute atomic E-state index is 0.0859. The van der Waals surface area contributed by atoms with Crippen LogP contribution in [0.2, 0.25) is 0 Å². The molecule has 7 nitrogen and oxygen atoms in total. The molecular weight excluding hydrogens is 254 g/mol. The third-order valence-corrected chi connectivity index (χ3v) is 3.89. The number of hydrogen-bond donors (Lipinski definition) is 2. The van der Waals surface area contributed by atoms with Crippen LogP contribution in [0.15, 0.2) is 27.8 Å². The van der Waals surface area contributed by atoms with Crippen LogP contribution in [0, 0.1) is 0 Å². The van der Waals surface area contributed by atoms with Gasteiger partial charge in [0, 0.05) is 25.5 Å². The Morgan fingerprint density at radius 1 is 1.44 bits per heavy atom. The Labute approximate surface area is 106 Å². The first-order valence-electron chi connectivity index (χ1n) is 5.45. The average molecular weight is 269 g/mol. The van der Waals surface area contributed by atoms with Crippen molar-refractivity contribution in [2.45, 2.75) is 24.8 Å². The maximum atomic E-state index is 11.9. The quantitative estimate of drug-likeness (QED) is 0.756. The molecule has 0 atom stereocenters. The van der Waals surface area contributed by atoms with E-state index in [9.17, 15) is 8.42 Å². The molecule has 0 fully saturated rings. The second-order valence-electron chi connectivity index (χ2n) is 4.23. The number of sulfonamides is 1. The van der Waals surface area contributed by atoms with Gasteiger partial charge in [-0.1, -0.05) is 0 Å². The molecular formula is C10H15N5O2S. The number of pyridine rings is 1. The van der Waals surface area contributed by atoms with Crippen molar-refractivity contribution in [1.82, 2.24) is 15.4 Å². The highest BCUT2D eigenvalue weighted by molar-refractivity contribution is 7.90. The zero-order valence-electron chi connectivity index (χ0n) is 10.4. The summed E-state index contributed by atoms with van der Waals surface area (Å²) in [5.74, 6) is 0.185. The lowest BCUT2D eigenvalue weighted by molar-refractivity contribution is 0.235. The van der Waals surface area contributed by atoms with Gasteiger partial charge in [-0.2, -0.15) is 8.42 Å². The van der Waals surface area contributed by atoms with E-state index in [2.05, 4.69) is 20.1 Å². The fraction of sp³-hybridized carbons (Fsp3) is 0.400. The predicted molar refractivity (Wildman–Crippen MR) is 68.5 cm³/mol. The van der Waals surface area contributed by atoms with Crippen molar-refractivity contribution in [2.24, 2.45) is 4.40 Å². The molecule has 1 aromatic heterocycles. The number of hydrazine groups is 1. The van der Waals surface area contributed by atoms with E-state index in [1.54, 1.807) is 11.1 Å². The maximum absolute atomic E-state index is 11.9. The number of fused-ring (bicyclic) bond motifs is 1. The molecule has 0 aliphatic carbocycles. The van der Waals surface area contributed by atoms with Crippen molar-refractivity contribution < 1.29 is 8.42 Å². The molecule has 0 saturated carbocycles. The molecule has 18 heavy (non-hydrogen) atoms. The summed E-state index contributed by atoms with van der Waals surface area (Å²) in [5, 5.41) is 4.67. The third-order valence-electron chi connectivity index (χ3n) is 2.58. The molecule has 1 aromatic rings. The Hall–Kier alpha value is -1.67. The average Bonchev–Trinajstić information content (AvgIpc) is 2.28. The van der Waals surface area contributed by atoms with Gasteiger partial charge in [-0.25, -0.2) is 5.01 Å². The second kappa shape index (κ2) is 4.54. The van der Waals surface area contributed by atoms with Gasteiger partial charge in [0.2, 0.25) is 5.96 Å². The molecule has 1 aliphatic rings. The number of hydrogen-bond acceptors (Lipinski definition) is 6. The fourth-order valence-corrected chi connectivity index (χ4v) is 2.37. The summed E-state index contributed by atoms with van der Waals surface area (Å²) in [7, 11) is -1.88. The third kappa shape index (κ3) is 2.44. The zero-order valence-corrected chi connectivity index (χ0v) is 11.2. The number of rotatable bonds is 2. The van der Waals surface area contributed by atoms with Crippen LogP contribution in [0.25, 0.3) is 0 Å². The molecule has 0 bridgehead atoms. The Balaban J connectivity index is 2.31. The Morgan fingerprint density at radius 3 is 2.83 bits per heavy atom. The van der Waals surface area contributed by atoms with E-state index in [1.165, 1.54) is 12.4 Å². The number of guanidine groups is 1. The first kappa shape index (κ1) is 12.8. The Morgan fingerprint density at radius 2 is 2.17 bits per heavy atom. The summed E-state index contributed by atoms with van der Waals surface area (Å²) in [6.45, 7) is 3.95. The highest BCUT2D eigenvalue weighted by atomic mass is 32.2. The van der Waals surface area contributed by atoms with Gasteiger partial charge in [0.15, 0.2) is 0 Å². The van der Waals surface area contributed by atoms with E-state index in [4.69, 9.17) is 0 Å². The minimum Gasteiger partial charge on any atom is -0.323 e. The highest BCUT2D eigenvalue weighted by Crippen LogP contribution is 2.24. The molecule has 0 saturated heterocycles. The lowest BCUT2D eigenvalue weighted by atomic mass is 10.4. The maximum Gasteiger partial charge on any atom is 0.289 e. The largest absolute Gasteiger partial charge is 0.323 e. The molecule has 8 heteroatoms. The van der Waals surface area contributed by atoms with Gasteiger partial charge < -0.3 is 5.32 Å². The monoisotopic (exact) mass is 269 g/mol. The van der Waals surface area contributed by atoms with Crippen molar-refractivity contribution in [3.05, 3.63) is 18.5 Å². The van der Waals surface area contributed by atoms with Crippen molar-refractivity contribution in [1.29, 1.82) is 0 Å². The molecule has 2 rings (SSSR count). The van der Waals surface area contributed by atoms with Gasteiger partial charge in [-0.05, 0) is 19.9 Å². The van der Waals surface area contributed by atoms with E-state index in [0.29, 0.717) is 5.69 Å². The SMILES string of the molecule is CC(C)N(C)NC1=NS(=O)(=O)c2cnccc2N1. The summed E-state index contributed by atoms with van der Waals surface area (Å²) < 4.78 is 27.5. The molecule has 0 spiro atoms. The van der Waals surface area contributed by atoms with Gasteiger partial charge in [0.1, 0.15) is 4.90 Å². The van der Waals surface area contributed by atoms with Crippen LogP contribution in [0.3, 0.4) is 0 Å². The van der Waals surface area contributed by atoms with Gasteiger partial charge in [-0.15, -0.1) is 4.40 Å². The van der Waals surface area contributed by atoms with Crippen molar-refractivity contribution in [3.63, 3.8) is 0 Å². The lowest BCUT2D eigenvalue weighted by Gasteiger charge is -2.26. The van der Waals surface area contributed by atoms with Crippen LogP contribution in [0.4, 0.5) is 5.69 Å². The van der Waals surface area contributed by atoms with Crippen molar-refractivity contribution in [3.8, 4) is 0 Å². The Kier molecular flexibility index (Phi) is 3.22. The molecule has 0 aromatic carbocycles. The normalized spacial score (nSPS) is 17.1. The van der Waals surface area contributed by atoms with E-state index in [-0.39, 0.29) is 16.9 Å². The number of aromatic nitrogens is 1. The van der Waals surface area contributed by atoms with Crippen LogP contribution in [0.1, 0.15) is 13.8 Å². The van der Waals surface area contributed by atoms with Crippen LogP contribution in [-0.2, 0) is 10.0 Å². The van der Waals surface area contributed by atoms with Crippen molar-refractivity contribution in [2.75, 3.05) is 12.4 Å². The summed E-state index contributed by atoms with van der Waals surface area (Å²) in [6, 6.07) is 1.80. The molecule has 1 aliphatic heterocycles. The summed E-state index contributed by atoms with van der Waals surface area (Å²) in [4.78, 5) is 3.87. The fourth-order valence-electron chi connectivity index (χ4n) is 1.35. The number of nitrogens with one attached hydrogen (secondary N) is 2. The van der Waals surface area contributed by atoms with E-state index < -0.39 is 10.0 Å². The Bertz CT molecular complexity index is 582. The van der Waals surface area contributed by atoms with Gasteiger partial charge >= 0.3 is 0 Å². The van der Waals surface area contributed by atoms with E-state index in [0.717, 1.165) is 0 Å². The summed E-state index contributed by atoms with van der Waals surface area (Å²) in [6.07, 6.45) is 2.81. The smallest absolute Gasteiger partial charge is 0.289 e. The van der Waals surface area contributed by atoms with Gasteiger partial charge in [0.05, 0.1) is 5.69 Å². The van der Waals surface area contributed by atoms with Gasteiger partial charge in [-0.3, -0.25) is 10.4 Å². The summed E-state index contributed by atoms with van der Waals surface area (Å²) in [5.41, 5.74) is 3.36. The molecule has 0 amide bonds. The molecule has 0 radical (unpaired) electrons. The predicted octanol–water partition coefficient (Wildman–Crippen LogP) is 0.397. The van der Waals surface area contributed by atoms with Crippen molar-refractivity contribution >= 4 is 21.7 Å². The first-order valence-corrected chi connectivity index (χ1v) is 6.89. The standard InChI is InChI=1S/C10H15N5O2S/c1-7(2)15(3)13-10-12-8-4-5-11-6-9(8)18(16,17)14-10/h4-7H,1-3H3,(H2,12,13,14). The van der Waals surface area contributed by atoms with Crippen LogP contribution < -0.4 is 10.7 Å². The second-order valence-corrected chi connectivity index (χ2v) is 5.80. The van der Waals surface area contributed by atoms with Crippen LogP contribution >= 0.6 is 0 Å². The zero-order chi connectivity index (χ0) is 13.3. The minimum atomic E-state index is -3.69. The first-order chi connectivity index (χ1) is 8.40. The number of anilines is 1. The van der Waals surface area contributed by atoms with E-state index in [1.807, 2.05) is 20.9 Å². The molecule has 98 valence electrons.